The second kappa shape index (κ2) is 5.87. The average Bonchev–Trinajstić information content (AvgIpc) is 2.48. The molecule has 19 heavy (non-hydrogen) atoms. The van der Waals surface area contributed by atoms with Crippen LogP contribution < -0.4 is 16.6 Å². The molecule has 0 saturated carbocycles. The van der Waals surface area contributed by atoms with Crippen molar-refractivity contribution in [3.05, 3.63) is 48.2 Å². The van der Waals surface area contributed by atoms with Crippen molar-refractivity contribution < 1.29 is 4.79 Å². The minimum Gasteiger partial charge on any atom is -0.344 e. The molecule has 0 radical (unpaired) electrons. The van der Waals surface area contributed by atoms with E-state index < -0.39 is 0 Å². The van der Waals surface area contributed by atoms with Gasteiger partial charge in [0, 0.05) is 12.4 Å². The number of amides is 1. The van der Waals surface area contributed by atoms with Crippen molar-refractivity contribution in [2.45, 2.75) is 13.0 Å². The third kappa shape index (κ3) is 3.23. The minimum absolute atomic E-state index is 0.169. The van der Waals surface area contributed by atoms with Crippen molar-refractivity contribution in [1.29, 1.82) is 0 Å². The molecule has 2 heterocycles. The topological polar surface area (TPSA) is 106 Å². The van der Waals surface area contributed by atoms with Crippen molar-refractivity contribution in [2.24, 2.45) is 5.84 Å². The third-order valence-corrected chi connectivity index (χ3v) is 2.55. The first-order chi connectivity index (χ1) is 9.20. The quantitative estimate of drug-likeness (QED) is 0.549. The smallest absolute Gasteiger partial charge is 0.272 e. The van der Waals surface area contributed by atoms with Crippen LogP contribution in [0.4, 0.5) is 5.82 Å². The van der Waals surface area contributed by atoms with Crippen molar-refractivity contribution in [2.75, 3.05) is 5.43 Å². The number of nitrogens with two attached hydrogens (primary N) is 1. The fraction of sp³-hybridized carbons (Fsp3) is 0.167. The van der Waals surface area contributed by atoms with Crippen LogP contribution in [0.15, 0.2) is 36.9 Å². The maximum atomic E-state index is 12.0. The summed E-state index contributed by atoms with van der Waals surface area (Å²) in [6.07, 6.45) is 6.20. The molecule has 0 bridgehead atoms. The maximum Gasteiger partial charge on any atom is 0.272 e. The Morgan fingerprint density at radius 2 is 2.16 bits per heavy atom. The second-order valence-corrected chi connectivity index (χ2v) is 3.92. The van der Waals surface area contributed by atoms with E-state index in [1.165, 1.54) is 12.4 Å². The third-order valence-electron chi connectivity index (χ3n) is 2.55. The standard InChI is InChI=1S/C12H14N6O/c1-8(9-3-2-4-14-5-9)16-12(19)10-6-15-7-11(17-10)18-13/h2-8H,13H2,1H3,(H,16,19)(H,17,18). The summed E-state index contributed by atoms with van der Waals surface area (Å²) < 4.78 is 0. The molecule has 7 heteroatoms. The number of hydrogen-bond donors (Lipinski definition) is 3. The van der Waals surface area contributed by atoms with Crippen LogP contribution in [0.3, 0.4) is 0 Å². The number of nitrogens with zero attached hydrogens (tertiary/aromatic N) is 3. The molecule has 0 saturated heterocycles. The van der Waals surface area contributed by atoms with E-state index in [1.54, 1.807) is 12.4 Å². The van der Waals surface area contributed by atoms with E-state index in [-0.39, 0.29) is 17.6 Å². The van der Waals surface area contributed by atoms with Crippen molar-refractivity contribution in [3.63, 3.8) is 0 Å². The summed E-state index contributed by atoms with van der Waals surface area (Å²) in [5.41, 5.74) is 3.46. The van der Waals surface area contributed by atoms with E-state index >= 15 is 0 Å². The van der Waals surface area contributed by atoms with Gasteiger partial charge in [0.25, 0.3) is 5.91 Å². The Labute approximate surface area is 110 Å². The number of aromatic nitrogens is 3. The summed E-state index contributed by atoms with van der Waals surface area (Å²) in [6.45, 7) is 1.87. The molecule has 0 aliphatic carbocycles. The number of hydrazine groups is 1. The van der Waals surface area contributed by atoms with Gasteiger partial charge in [-0.05, 0) is 18.6 Å². The SMILES string of the molecule is CC(NC(=O)c1cncc(NN)n1)c1cccnc1. The normalized spacial score (nSPS) is 11.7. The van der Waals surface area contributed by atoms with E-state index in [0.29, 0.717) is 5.82 Å². The number of anilines is 1. The molecular formula is C12H14N6O. The van der Waals surface area contributed by atoms with Crippen LogP contribution in [-0.4, -0.2) is 20.9 Å². The average molecular weight is 258 g/mol. The highest BCUT2D eigenvalue weighted by molar-refractivity contribution is 5.92. The summed E-state index contributed by atoms with van der Waals surface area (Å²) in [5, 5.41) is 2.81. The molecule has 0 aliphatic rings. The zero-order valence-electron chi connectivity index (χ0n) is 10.4. The number of nitrogen functional groups attached to an aromatic ring is 1. The summed E-state index contributed by atoms with van der Waals surface area (Å²) in [4.78, 5) is 23.9. The van der Waals surface area contributed by atoms with Crippen LogP contribution in [0.5, 0.6) is 0 Å². The number of pyridine rings is 1. The lowest BCUT2D eigenvalue weighted by molar-refractivity contribution is 0.0934. The number of nitrogens with one attached hydrogen (secondary N) is 2. The molecule has 98 valence electrons. The number of carbonyl (C=O) groups is 1. The van der Waals surface area contributed by atoms with Crippen molar-refractivity contribution >= 4 is 11.7 Å². The van der Waals surface area contributed by atoms with Crippen LogP contribution in [0, 0.1) is 0 Å². The van der Waals surface area contributed by atoms with Gasteiger partial charge in [-0.15, -0.1) is 0 Å². The van der Waals surface area contributed by atoms with Crippen LogP contribution in [0.25, 0.3) is 0 Å². The molecule has 0 aliphatic heterocycles. The first-order valence-corrected chi connectivity index (χ1v) is 5.70. The monoisotopic (exact) mass is 258 g/mol. The lowest BCUT2D eigenvalue weighted by atomic mass is 10.1. The van der Waals surface area contributed by atoms with Gasteiger partial charge < -0.3 is 10.7 Å². The molecule has 1 unspecified atom stereocenters. The highest BCUT2D eigenvalue weighted by Gasteiger charge is 2.13. The molecule has 7 nitrogen and oxygen atoms in total. The Hall–Kier alpha value is -2.54. The fourth-order valence-corrected chi connectivity index (χ4v) is 1.53. The Morgan fingerprint density at radius 1 is 1.32 bits per heavy atom. The number of carbonyl (C=O) groups excluding carboxylic acids is 1. The highest BCUT2D eigenvalue weighted by Crippen LogP contribution is 2.10. The Kier molecular flexibility index (Phi) is 3.99. The first-order valence-electron chi connectivity index (χ1n) is 5.70. The van der Waals surface area contributed by atoms with Gasteiger partial charge >= 0.3 is 0 Å². The molecule has 1 atom stereocenters. The Morgan fingerprint density at radius 3 is 2.84 bits per heavy atom. The van der Waals surface area contributed by atoms with Gasteiger partial charge in [0.2, 0.25) is 0 Å². The molecule has 2 aromatic heterocycles. The molecule has 4 N–H and O–H groups in total. The van der Waals surface area contributed by atoms with Gasteiger partial charge in [-0.3, -0.25) is 14.8 Å². The maximum absolute atomic E-state index is 12.0. The van der Waals surface area contributed by atoms with Crippen LogP contribution >= 0.6 is 0 Å². The minimum atomic E-state index is -0.319. The lowest BCUT2D eigenvalue weighted by Gasteiger charge is -2.13. The predicted molar refractivity (Wildman–Crippen MR) is 70.0 cm³/mol. The van der Waals surface area contributed by atoms with E-state index in [1.807, 2.05) is 19.1 Å². The fourth-order valence-electron chi connectivity index (χ4n) is 1.53. The largest absolute Gasteiger partial charge is 0.344 e. The van der Waals surface area contributed by atoms with Gasteiger partial charge in [0.15, 0.2) is 5.82 Å². The molecule has 1 amide bonds. The molecule has 2 rings (SSSR count). The first kappa shape index (κ1) is 12.9. The molecule has 0 aromatic carbocycles. The Balaban J connectivity index is 2.08. The van der Waals surface area contributed by atoms with Gasteiger partial charge in [-0.1, -0.05) is 6.07 Å². The Bertz CT molecular complexity index is 559. The summed E-state index contributed by atoms with van der Waals surface area (Å²) in [6, 6.07) is 3.54. The summed E-state index contributed by atoms with van der Waals surface area (Å²) in [7, 11) is 0. The molecule has 2 aromatic rings. The van der Waals surface area contributed by atoms with Crippen molar-refractivity contribution in [3.8, 4) is 0 Å². The highest BCUT2D eigenvalue weighted by atomic mass is 16.1. The second-order valence-electron chi connectivity index (χ2n) is 3.92. The van der Waals surface area contributed by atoms with Crippen LogP contribution in [-0.2, 0) is 0 Å². The van der Waals surface area contributed by atoms with Gasteiger partial charge in [-0.2, -0.15) is 0 Å². The summed E-state index contributed by atoms with van der Waals surface area (Å²) in [5.74, 6) is 5.24. The lowest BCUT2D eigenvalue weighted by Crippen LogP contribution is -2.28. The predicted octanol–water partition coefficient (Wildman–Crippen LogP) is 0.648. The number of hydrogen-bond acceptors (Lipinski definition) is 6. The zero-order valence-corrected chi connectivity index (χ0v) is 10.4. The van der Waals surface area contributed by atoms with Crippen LogP contribution in [0.1, 0.15) is 29.0 Å². The molecule has 0 spiro atoms. The van der Waals surface area contributed by atoms with E-state index in [0.717, 1.165) is 5.56 Å². The van der Waals surface area contributed by atoms with Crippen molar-refractivity contribution in [1.82, 2.24) is 20.3 Å². The van der Waals surface area contributed by atoms with E-state index in [4.69, 9.17) is 5.84 Å². The van der Waals surface area contributed by atoms with E-state index in [9.17, 15) is 4.79 Å². The van der Waals surface area contributed by atoms with Gasteiger partial charge in [0.05, 0.1) is 18.4 Å². The van der Waals surface area contributed by atoms with Gasteiger partial charge in [-0.25, -0.2) is 10.8 Å². The molecular weight excluding hydrogens is 244 g/mol. The molecule has 0 fully saturated rings. The number of rotatable bonds is 4. The zero-order chi connectivity index (χ0) is 13.7. The van der Waals surface area contributed by atoms with E-state index in [2.05, 4.69) is 25.7 Å². The summed E-state index contributed by atoms with van der Waals surface area (Å²) >= 11 is 0. The van der Waals surface area contributed by atoms with Gasteiger partial charge in [0.1, 0.15) is 5.69 Å². The van der Waals surface area contributed by atoms with Crippen LogP contribution in [0.2, 0.25) is 0 Å².